The third-order valence-electron chi connectivity index (χ3n) is 5.64. The van der Waals surface area contributed by atoms with Gasteiger partial charge in [-0.3, -0.25) is 9.80 Å². The van der Waals surface area contributed by atoms with Crippen molar-refractivity contribution in [2.45, 2.75) is 45.3 Å². The van der Waals surface area contributed by atoms with Crippen LogP contribution in [0.25, 0.3) is 0 Å². The lowest BCUT2D eigenvalue weighted by Gasteiger charge is -2.39. The fourth-order valence-corrected chi connectivity index (χ4v) is 4.10. The maximum Gasteiger partial charge on any atom is 0.416 e. The maximum absolute atomic E-state index is 13.0. The number of urea groups is 1. The normalized spacial score (nSPS) is 20.6. The van der Waals surface area contributed by atoms with Crippen molar-refractivity contribution in [3.63, 3.8) is 0 Å². The molecule has 2 amide bonds. The van der Waals surface area contributed by atoms with Gasteiger partial charge < -0.3 is 10.1 Å². The molecule has 1 atom stereocenters. The molecule has 2 aliphatic heterocycles. The second-order valence-electron chi connectivity index (χ2n) is 7.66. The van der Waals surface area contributed by atoms with Crippen LogP contribution in [0.2, 0.25) is 0 Å². The number of alkyl halides is 3. The van der Waals surface area contributed by atoms with E-state index in [0.29, 0.717) is 24.4 Å². The molecule has 170 valence electrons. The molecule has 2 aliphatic rings. The number of amides is 2. The van der Waals surface area contributed by atoms with Crippen LogP contribution in [-0.4, -0.2) is 54.6 Å². The highest BCUT2D eigenvalue weighted by Crippen LogP contribution is 2.35. The lowest BCUT2D eigenvalue weighted by Crippen LogP contribution is -2.51. The quantitative estimate of drug-likeness (QED) is 0.678. The largest absolute Gasteiger partial charge is 0.463 e. The second-order valence-corrected chi connectivity index (χ2v) is 7.66. The van der Waals surface area contributed by atoms with Crippen molar-refractivity contribution in [2.75, 3.05) is 32.8 Å². The number of esters is 1. The first-order valence-electron chi connectivity index (χ1n) is 10.6. The van der Waals surface area contributed by atoms with Crippen LogP contribution >= 0.6 is 0 Å². The van der Waals surface area contributed by atoms with E-state index in [1.807, 2.05) is 6.92 Å². The molecule has 1 aromatic rings. The summed E-state index contributed by atoms with van der Waals surface area (Å²) in [7, 11) is 0. The Hall–Kier alpha value is -2.55. The molecule has 6 nitrogen and oxygen atoms in total. The Morgan fingerprint density at radius 2 is 1.77 bits per heavy atom. The van der Waals surface area contributed by atoms with E-state index >= 15 is 0 Å². The summed E-state index contributed by atoms with van der Waals surface area (Å²) in [6, 6.07) is 3.26. The lowest BCUT2D eigenvalue weighted by atomic mass is 9.93. The minimum absolute atomic E-state index is 0.152. The highest BCUT2D eigenvalue weighted by molar-refractivity contribution is 5.95. The van der Waals surface area contributed by atoms with Crippen LogP contribution in [0.3, 0.4) is 0 Å². The summed E-state index contributed by atoms with van der Waals surface area (Å²) in [5.74, 6) is -0.571. The summed E-state index contributed by atoms with van der Waals surface area (Å²) in [4.78, 5) is 29.5. The Balaban J connectivity index is 2.06. The molecular weight excluding hydrogens is 411 g/mol. The van der Waals surface area contributed by atoms with E-state index in [1.54, 1.807) is 6.92 Å². The molecule has 0 spiro atoms. The number of rotatable bonds is 6. The Kier molecular flexibility index (Phi) is 7.25. The van der Waals surface area contributed by atoms with E-state index < -0.39 is 23.8 Å². The van der Waals surface area contributed by atoms with Crippen molar-refractivity contribution in [3.8, 4) is 0 Å². The van der Waals surface area contributed by atoms with Gasteiger partial charge in [-0.1, -0.05) is 18.6 Å². The summed E-state index contributed by atoms with van der Waals surface area (Å²) >= 11 is 0. The zero-order chi connectivity index (χ0) is 22.6. The van der Waals surface area contributed by atoms with Crippen molar-refractivity contribution < 1.29 is 27.5 Å². The highest BCUT2D eigenvalue weighted by atomic mass is 19.4. The smallest absolute Gasteiger partial charge is 0.416 e. The van der Waals surface area contributed by atoms with E-state index in [1.165, 1.54) is 17.0 Å². The van der Waals surface area contributed by atoms with Crippen LogP contribution in [-0.2, 0) is 15.7 Å². The Morgan fingerprint density at radius 1 is 1.13 bits per heavy atom. The molecule has 1 saturated heterocycles. The summed E-state index contributed by atoms with van der Waals surface area (Å²) in [6.07, 6.45) is -1.23. The van der Waals surface area contributed by atoms with Crippen molar-refractivity contribution >= 4 is 12.0 Å². The third kappa shape index (κ3) is 5.20. The second kappa shape index (κ2) is 9.72. The molecule has 1 aromatic carbocycles. The van der Waals surface area contributed by atoms with Crippen molar-refractivity contribution in [2.24, 2.45) is 0 Å². The fourth-order valence-electron chi connectivity index (χ4n) is 4.10. The first-order chi connectivity index (χ1) is 14.8. The van der Waals surface area contributed by atoms with Gasteiger partial charge in [0, 0.05) is 18.8 Å². The monoisotopic (exact) mass is 439 g/mol. The summed E-state index contributed by atoms with van der Waals surface area (Å²) < 4.78 is 44.2. The van der Waals surface area contributed by atoms with Gasteiger partial charge in [-0.05, 0) is 57.5 Å². The van der Waals surface area contributed by atoms with Crippen LogP contribution in [0.5, 0.6) is 0 Å². The zero-order valence-electron chi connectivity index (χ0n) is 17.8. The number of nitrogens with one attached hydrogen (secondary N) is 1. The standard InChI is InChI=1S/C22H28F3N3O3/c1-3-28-17(14-27-12-6-5-7-13-27)18(20(29)31-4-2)19(26-21(28)30)15-8-10-16(11-9-15)22(23,24)25/h8-11,19H,3-7,12-14H2,1-2H3,(H,26,30)/t19-/m1/s1. The van der Waals surface area contributed by atoms with Gasteiger partial charge in [-0.25, -0.2) is 9.59 Å². The molecule has 0 bridgehead atoms. The maximum atomic E-state index is 13.0. The number of carbonyl (C=O) groups is 2. The Morgan fingerprint density at radius 3 is 2.32 bits per heavy atom. The van der Waals surface area contributed by atoms with Gasteiger partial charge in [0.15, 0.2) is 0 Å². The molecule has 0 aliphatic carbocycles. The van der Waals surface area contributed by atoms with E-state index in [-0.39, 0.29) is 18.2 Å². The number of likely N-dealkylation sites (tertiary alicyclic amines) is 1. The molecule has 1 N–H and O–H groups in total. The molecule has 0 radical (unpaired) electrons. The van der Waals surface area contributed by atoms with Crippen LogP contribution in [0.1, 0.15) is 50.3 Å². The summed E-state index contributed by atoms with van der Waals surface area (Å²) in [6.45, 7) is 6.16. The number of halogens is 3. The van der Waals surface area contributed by atoms with Crippen LogP contribution in [0, 0.1) is 0 Å². The van der Waals surface area contributed by atoms with Gasteiger partial charge in [-0.15, -0.1) is 0 Å². The molecule has 0 aromatic heterocycles. The topological polar surface area (TPSA) is 61.9 Å². The van der Waals surface area contributed by atoms with Gasteiger partial charge in [-0.2, -0.15) is 13.2 Å². The number of hydrogen-bond acceptors (Lipinski definition) is 4. The molecular formula is C22H28F3N3O3. The number of nitrogens with zero attached hydrogens (tertiary/aromatic N) is 2. The number of likely N-dealkylation sites (N-methyl/N-ethyl adjacent to an activating group) is 1. The summed E-state index contributed by atoms with van der Waals surface area (Å²) in [5.41, 5.74) is 0.435. The van der Waals surface area contributed by atoms with Gasteiger partial charge >= 0.3 is 18.2 Å². The summed E-state index contributed by atoms with van der Waals surface area (Å²) in [5, 5.41) is 2.78. The number of carbonyl (C=O) groups excluding carboxylic acids is 2. The molecule has 1 fully saturated rings. The van der Waals surface area contributed by atoms with Crippen LogP contribution < -0.4 is 5.32 Å². The molecule has 9 heteroatoms. The minimum atomic E-state index is -4.47. The lowest BCUT2D eigenvalue weighted by molar-refractivity contribution is -0.139. The van der Waals surface area contributed by atoms with E-state index in [2.05, 4.69) is 10.2 Å². The zero-order valence-corrected chi connectivity index (χ0v) is 17.8. The third-order valence-corrected chi connectivity index (χ3v) is 5.64. The van der Waals surface area contributed by atoms with Gasteiger partial charge in [0.25, 0.3) is 0 Å². The van der Waals surface area contributed by atoms with Crippen molar-refractivity contribution in [1.29, 1.82) is 0 Å². The first-order valence-corrected chi connectivity index (χ1v) is 10.6. The van der Waals surface area contributed by atoms with Crippen LogP contribution in [0.4, 0.5) is 18.0 Å². The average Bonchev–Trinajstić information content (AvgIpc) is 2.74. The molecule has 0 unspecified atom stereocenters. The molecule has 3 rings (SSSR count). The van der Waals surface area contributed by atoms with Crippen molar-refractivity contribution in [1.82, 2.24) is 15.1 Å². The van der Waals surface area contributed by atoms with Crippen molar-refractivity contribution in [3.05, 3.63) is 46.7 Å². The van der Waals surface area contributed by atoms with E-state index in [9.17, 15) is 22.8 Å². The average molecular weight is 439 g/mol. The SMILES string of the molecule is CCOC(=O)C1=C(CN2CCCCC2)N(CC)C(=O)N[C@@H]1c1ccc(C(F)(F)F)cc1. The Bertz CT molecular complexity index is 831. The van der Waals surface area contributed by atoms with Gasteiger partial charge in [0.2, 0.25) is 0 Å². The van der Waals surface area contributed by atoms with E-state index in [4.69, 9.17) is 4.74 Å². The fraction of sp³-hybridized carbons (Fsp3) is 0.545. The predicted molar refractivity (Wildman–Crippen MR) is 109 cm³/mol. The minimum Gasteiger partial charge on any atom is -0.463 e. The first kappa shape index (κ1) is 23.1. The number of piperidine rings is 1. The number of ether oxygens (including phenoxy) is 1. The number of hydrogen-bond donors (Lipinski definition) is 1. The molecule has 31 heavy (non-hydrogen) atoms. The molecule has 2 heterocycles. The van der Waals surface area contributed by atoms with Crippen LogP contribution in [0.15, 0.2) is 35.5 Å². The number of benzene rings is 1. The Labute approximate surface area is 180 Å². The predicted octanol–water partition coefficient (Wildman–Crippen LogP) is 4.09. The van der Waals surface area contributed by atoms with E-state index in [0.717, 1.165) is 44.5 Å². The highest BCUT2D eigenvalue weighted by Gasteiger charge is 2.39. The molecule has 0 saturated carbocycles. The van der Waals surface area contributed by atoms with Gasteiger partial charge in [0.1, 0.15) is 0 Å². The van der Waals surface area contributed by atoms with Gasteiger partial charge in [0.05, 0.1) is 23.8 Å².